The number of rotatable bonds is 16. The monoisotopic (exact) mass is 659 g/mol. The first kappa shape index (κ1) is 35.7. The molecular weight excluding hydrogens is 610 g/mol. The van der Waals surface area contributed by atoms with Gasteiger partial charge in [0.1, 0.15) is 0 Å². The molecule has 5 rings (SSSR count). The molecule has 0 saturated carbocycles. The van der Waals surface area contributed by atoms with Crippen molar-refractivity contribution in [3.05, 3.63) is 95.1 Å². The number of hydroxylamine groups is 1. The molecule has 2 aliphatic heterocycles. The third kappa shape index (κ3) is 10.2. The van der Waals surface area contributed by atoms with Gasteiger partial charge in [0.2, 0.25) is 11.8 Å². The highest BCUT2D eigenvalue weighted by molar-refractivity contribution is 5.76. The van der Waals surface area contributed by atoms with Gasteiger partial charge in [0, 0.05) is 44.0 Å². The quantitative estimate of drug-likeness (QED) is 0.0792. The van der Waals surface area contributed by atoms with E-state index < -0.39 is 6.29 Å². The fourth-order valence-electron chi connectivity index (χ4n) is 6.60. The molecule has 0 spiro atoms. The number of amides is 2. The number of benzene rings is 3. The molecule has 2 heterocycles. The SMILES string of the molecule is O=C(CCCCCCC(=O)NCc1cccc(-c2ccc([C@H]3O[C@@H](CN4CCC[C@H]4CO)C[C@@H](c4ccc(CO)cc4)O3)cc2)c1)NO. The van der Waals surface area contributed by atoms with Crippen molar-refractivity contribution in [2.24, 2.45) is 0 Å². The van der Waals surface area contributed by atoms with E-state index in [0.717, 1.165) is 78.6 Å². The predicted octanol–water partition coefficient (Wildman–Crippen LogP) is 5.31. The standard InChI is InChI=1S/C38H49N3O7/c42-25-27-12-14-30(15-13-27)35-22-34(24-41-20-6-9-33(41)26-43)47-38(48-35)31-18-16-29(17-19-31)32-8-5-7-28(21-32)23-39-36(44)10-3-1-2-4-11-37(45)40-46/h5,7-8,12-19,21,33-35,38,42-43,46H,1-4,6,9-11,20,22-26H2,(H,39,44)(H,40,45)/t33-,34+,35-,38-/m0/s1. The van der Waals surface area contributed by atoms with Gasteiger partial charge in [0.15, 0.2) is 6.29 Å². The van der Waals surface area contributed by atoms with Crippen molar-refractivity contribution in [3.63, 3.8) is 0 Å². The van der Waals surface area contributed by atoms with E-state index in [-0.39, 0.29) is 49.7 Å². The van der Waals surface area contributed by atoms with Gasteiger partial charge in [-0.1, -0.05) is 79.6 Å². The van der Waals surface area contributed by atoms with Crippen LogP contribution in [-0.4, -0.2) is 64.0 Å². The molecule has 2 aliphatic rings. The van der Waals surface area contributed by atoms with E-state index in [0.29, 0.717) is 25.8 Å². The average molecular weight is 660 g/mol. The third-order valence-corrected chi connectivity index (χ3v) is 9.38. The lowest BCUT2D eigenvalue weighted by atomic mass is 9.98. The lowest BCUT2D eigenvalue weighted by Gasteiger charge is -2.38. The number of aliphatic hydroxyl groups excluding tert-OH is 2. The number of likely N-dealkylation sites (tertiary alicyclic amines) is 1. The van der Waals surface area contributed by atoms with Crippen LogP contribution in [0, 0.1) is 0 Å². The first-order chi connectivity index (χ1) is 23.4. The van der Waals surface area contributed by atoms with E-state index in [1.807, 2.05) is 48.5 Å². The Bertz CT molecular complexity index is 1450. The maximum Gasteiger partial charge on any atom is 0.243 e. The fraction of sp³-hybridized carbons (Fsp3) is 0.474. The smallest absolute Gasteiger partial charge is 0.243 e. The summed E-state index contributed by atoms with van der Waals surface area (Å²) in [5.41, 5.74) is 7.59. The Kier molecular flexibility index (Phi) is 13.5. The molecule has 3 aromatic rings. The van der Waals surface area contributed by atoms with Gasteiger partial charge < -0.3 is 25.0 Å². The second kappa shape index (κ2) is 18.2. The highest BCUT2D eigenvalue weighted by Gasteiger charge is 2.35. The van der Waals surface area contributed by atoms with Gasteiger partial charge >= 0.3 is 0 Å². The Labute approximate surface area is 283 Å². The zero-order valence-electron chi connectivity index (χ0n) is 27.6. The van der Waals surface area contributed by atoms with Gasteiger partial charge in [-0.2, -0.15) is 0 Å². The lowest BCUT2D eigenvalue weighted by Crippen LogP contribution is -2.42. The summed E-state index contributed by atoms with van der Waals surface area (Å²) in [4.78, 5) is 25.8. The van der Waals surface area contributed by atoms with E-state index in [2.05, 4.69) is 34.5 Å². The molecule has 2 amide bonds. The van der Waals surface area contributed by atoms with Crippen LogP contribution >= 0.6 is 0 Å². The van der Waals surface area contributed by atoms with Crippen molar-refractivity contribution in [1.29, 1.82) is 0 Å². The number of hydrogen-bond acceptors (Lipinski definition) is 8. The predicted molar refractivity (Wildman–Crippen MR) is 181 cm³/mol. The number of nitrogens with one attached hydrogen (secondary N) is 2. The van der Waals surface area contributed by atoms with Crippen LogP contribution in [0.1, 0.15) is 92.4 Å². The van der Waals surface area contributed by atoms with Crippen molar-refractivity contribution in [2.75, 3.05) is 19.7 Å². The molecule has 3 aromatic carbocycles. The van der Waals surface area contributed by atoms with Gasteiger partial charge in [0.25, 0.3) is 0 Å². The molecule has 2 fully saturated rings. The molecule has 10 heteroatoms. The molecule has 0 bridgehead atoms. The number of carbonyl (C=O) groups is 2. The molecule has 10 nitrogen and oxygen atoms in total. The zero-order valence-corrected chi connectivity index (χ0v) is 27.6. The second-order valence-corrected chi connectivity index (χ2v) is 12.9. The summed E-state index contributed by atoms with van der Waals surface area (Å²) in [6.07, 6.45) is 5.88. The van der Waals surface area contributed by atoms with Crippen LogP contribution in [0.5, 0.6) is 0 Å². The lowest BCUT2D eigenvalue weighted by molar-refractivity contribution is -0.253. The molecule has 258 valence electrons. The van der Waals surface area contributed by atoms with Crippen molar-refractivity contribution in [1.82, 2.24) is 15.7 Å². The molecule has 0 aromatic heterocycles. The summed E-state index contributed by atoms with van der Waals surface area (Å²) in [5.74, 6) is -0.378. The summed E-state index contributed by atoms with van der Waals surface area (Å²) in [6, 6.07) is 24.5. The fourth-order valence-corrected chi connectivity index (χ4v) is 6.60. The number of aliphatic hydroxyl groups is 2. The molecule has 0 radical (unpaired) electrons. The van der Waals surface area contributed by atoms with Crippen molar-refractivity contribution in [2.45, 2.75) is 95.5 Å². The van der Waals surface area contributed by atoms with Crippen molar-refractivity contribution in [3.8, 4) is 11.1 Å². The zero-order chi connectivity index (χ0) is 33.7. The summed E-state index contributed by atoms with van der Waals surface area (Å²) < 4.78 is 13.1. The van der Waals surface area contributed by atoms with Crippen LogP contribution in [0.2, 0.25) is 0 Å². The minimum atomic E-state index is -0.544. The largest absolute Gasteiger partial charge is 0.395 e. The summed E-state index contributed by atoms with van der Waals surface area (Å²) in [7, 11) is 0. The first-order valence-corrected chi connectivity index (χ1v) is 17.2. The van der Waals surface area contributed by atoms with Gasteiger partial charge in [-0.25, -0.2) is 5.48 Å². The van der Waals surface area contributed by atoms with Crippen LogP contribution in [0.4, 0.5) is 0 Å². The van der Waals surface area contributed by atoms with Gasteiger partial charge in [-0.15, -0.1) is 0 Å². The summed E-state index contributed by atoms with van der Waals surface area (Å²) in [5, 5.41) is 30.9. The number of hydrogen-bond donors (Lipinski definition) is 5. The Hall–Kier alpha value is -3.64. The highest BCUT2D eigenvalue weighted by atomic mass is 16.7. The van der Waals surface area contributed by atoms with Crippen LogP contribution in [0.15, 0.2) is 72.8 Å². The van der Waals surface area contributed by atoms with Crippen LogP contribution in [-0.2, 0) is 32.2 Å². The normalized spacial score (nSPS) is 21.2. The number of ether oxygens (including phenoxy) is 2. The van der Waals surface area contributed by atoms with E-state index >= 15 is 0 Å². The third-order valence-electron chi connectivity index (χ3n) is 9.38. The highest BCUT2D eigenvalue weighted by Crippen LogP contribution is 2.39. The van der Waals surface area contributed by atoms with E-state index in [4.69, 9.17) is 14.7 Å². The Morgan fingerprint density at radius 2 is 1.54 bits per heavy atom. The average Bonchev–Trinajstić information content (AvgIpc) is 3.59. The Balaban J connectivity index is 1.18. The van der Waals surface area contributed by atoms with E-state index in [1.165, 1.54) is 0 Å². The molecule has 2 saturated heterocycles. The number of carbonyl (C=O) groups excluding carboxylic acids is 2. The summed E-state index contributed by atoms with van der Waals surface area (Å²) in [6.45, 7) is 2.30. The molecule has 5 N–H and O–H groups in total. The topological polar surface area (TPSA) is 141 Å². The van der Waals surface area contributed by atoms with Crippen LogP contribution in [0.25, 0.3) is 11.1 Å². The molecule has 0 unspecified atom stereocenters. The number of unbranched alkanes of at least 4 members (excludes halogenated alkanes) is 3. The van der Waals surface area contributed by atoms with E-state index in [1.54, 1.807) is 5.48 Å². The van der Waals surface area contributed by atoms with E-state index in [9.17, 15) is 19.8 Å². The molecule has 0 aliphatic carbocycles. The summed E-state index contributed by atoms with van der Waals surface area (Å²) >= 11 is 0. The maximum atomic E-state index is 12.4. The first-order valence-electron chi connectivity index (χ1n) is 17.2. The second-order valence-electron chi connectivity index (χ2n) is 12.9. The van der Waals surface area contributed by atoms with Gasteiger partial charge in [0.05, 0.1) is 25.4 Å². The van der Waals surface area contributed by atoms with Gasteiger partial charge in [-0.05, 0) is 66.1 Å². The molecular formula is C38H49N3O7. The number of nitrogens with zero attached hydrogens (tertiary/aromatic N) is 1. The van der Waals surface area contributed by atoms with Gasteiger partial charge in [-0.3, -0.25) is 19.7 Å². The minimum Gasteiger partial charge on any atom is -0.395 e. The van der Waals surface area contributed by atoms with Crippen molar-refractivity contribution < 1.29 is 34.5 Å². The minimum absolute atomic E-state index is 0.000613. The molecule has 4 atom stereocenters. The van der Waals surface area contributed by atoms with Crippen LogP contribution in [0.3, 0.4) is 0 Å². The Morgan fingerprint density at radius 1 is 0.812 bits per heavy atom. The maximum absolute atomic E-state index is 12.4. The van der Waals surface area contributed by atoms with Crippen molar-refractivity contribution >= 4 is 11.8 Å². The Morgan fingerprint density at radius 3 is 2.25 bits per heavy atom. The molecule has 48 heavy (non-hydrogen) atoms. The van der Waals surface area contributed by atoms with Crippen LogP contribution < -0.4 is 10.8 Å².